The number of para-hydroxylation sites is 1. The molecule has 4 aromatic rings. The molecule has 134 valence electrons. The van der Waals surface area contributed by atoms with Crippen molar-refractivity contribution in [3.8, 4) is 11.8 Å². The third-order valence-corrected chi connectivity index (χ3v) is 4.13. The predicted octanol–water partition coefficient (Wildman–Crippen LogP) is 4.02. The van der Waals surface area contributed by atoms with Crippen LogP contribution in [-0.4, -0.2) is 22.0 Å². The van der Waals surface area contributed by atoms with Crippen molar-refractivity contribution < 1.29 is 9.13 Å². The van der Waals surface area contributed by atoms with Crippen molar-refractivity contribution in [2.45, 2.75) is 0 Å². The van der Waals surface area contributed by atoms with E-state index in [1.165, 1.54) is 18.5 Å². The minimum Gasteiger partial charge on any atom is -0.425 e. The number of rotatable bonds is 4. The van der Waals surface area contributed by atoms with Gasteiger partial charge in [0.1, 0.15) is 5.75 Å². The van der Waals surface area contributed by atoms with Crippen molar-refractivity contribution in [3.63, 3.8) is 0 Å². The van der Waals surface area contributed by atoms with Crippen LogP contribution in [0.3, 0.4) is 0 Å². The predicted molar refractivity (Wildman–Crippen MR) is 101 cm³/mol. The van der Waals surface area contributed by atoms with Crippen LogP contribution >= 0.6 is 0 Å². The van der Waals surface area contributed by atoms with E-state index >= 15 is 0 Å². The Morgan fingerprint density at radius 1 is 1.11 bits per heavy atom. The van der Waals surface area contributed by atoms with E-state index in [1.807, 2.05) is 30.3 Å². The van der Waals surface area contributed by atoms with Crippen LogP contribution in [0.25, 0.3) is 10.9 Å². The molecule has 0 unspecified atom stereocenters. The smallest absolute Gasteiger partial charge is 0.302 e. The highest BCUT2D eigenvalue weighted by Crippen LogP contribution is 2.29. The number of hydrogen-bond donors (Lipinski definition) is 1. The SMILES string of the molecule is CN(c1ccccc1)c1ccc(Oc2nc3cnccc3c(=O)[nH]2)cc1F. The molecule has 0 bridgehead atoms. The molecule has 7 heteroatoms. The molecular weight excluding hydrogens is 347 g/mol. The number of ether oxygens (including phenoxy) is 1. The Labute approximate surface area is 153 Å². The molecule has 2 heterocycles. The first-order valence-electron chi connectivity index (χ1n) is 8.22. The highest BCUT2D eigenvalue weighted by Gasteiger charge is 2.12. The molecule has 2 aromatic heterocycles. The number of anilines is 2. The molecule has 0 fully saturated rings. The lowest BCUT2D eigenvalue weighted by atomic mass is 10.2. The van der Waals surface area contributed by atoms with Crippen LogP contribution in [0.5, 0.6) is 11.8 Å². The molecule has 0 amide bonds. The maximum Gasteiger partial charge on any atom is 0.302 e. The van der Waals surface area contributed by atoms with Crippen LogP contribution in [0, 0.1) is 5.82 Å². The fraction of sp³-hybridized carbons (Fsp3) is 0.0500. The van der Waals surface area contributed by atoms with Crippen LogP contribution in [0.1, 0.15) is 0 Å². The molecule has 0 aliphatic rings. The van der Waals surface area contributed by atoms with Crippen LogP contribution in [0.4, 0.5) is 15.8 Å². The Balaban J connectivity index is 1.63. The van der Waals surface area contributed by atoms with Gasteiger partial charge in [0.2, 0.25) is 0 Å². The number of aromatic amines is 1. The van der Waals surface area contributed by atoms with Gasteiger partial charge in [0, 0.05) is 25.0 Å². The average Bonchev–Trinajstić information content (AvgIpc) is 2.68. The van der Waals surface area contributed by atoms with Gasteiger partial charge in [0.25, 0.3) is 5.56 Å². The lowest BCUT2D eigenvalue weighted by Gasteiger charge is -2.20. The molecule has 0 aliphatic carbocycles. The van der Waals surface area contributed by atoms with E-state index in [9.17, 15) is 9.18 Å². The zero-order valence-corrected chi connectivity index (χ0v) is 14.4. The molecule has 6 nitrogen and oxygen atoms in total. The van der Waals surface area contributed by atoms with Crippen molar-refractivity contribution >= 4 is 22.3 Å². The molecule has 4 rings (SSSR count). The van der Waals surface area contributed by atoms with Gasteiger partial charge >= 0.3 is 6.01 Å². The summed E-state index contributed by atoms with van der Waals surface area (Å²) < 4.78 is 20.1. The summed E-state index contributed by atoms with van der Waals surface area (Å²) in [5.74, 6) is -0.229. The summed E-state index contributed by atoms with van der Waals surface area (Å²) in [5, 5.41) is 0.406. The van der Waals surface area contributed by atoms with Gasteiger partial charge in [0.15, 0.2) is 5.82 Å². The molecule has 0 atom stereocenters. The highest BCUT2D eigenvalue weighted by atomic mass is 19.1. The Hall–Kier alpha value is -3.74. The van der Waals surface area contributed by atoms with Gasteiger partial charge in [-0.2, -0.15) is 4.98 Å². The monoisotopic (exact) mass is 362 g/mol. The number of benzene rings is 2. The van der Waals surface area contributed by atoms with Crippen LogP contribution < -0.4 is 15.2 Å². The minimum atomic E-state index is -0.455. The number of nitrogens with one attached hydrogen (secondary N) is 1. The van der Waals surface area contributed by atoms with Crippen LogP contribution in [0.2, 0.25) is 0 Å². The van der Waals surface area contributed by atoms with Crippen molar-refractivity contribution in [1.29, 1.82) is 0 Å². The summed E-state index contributed by atoms with van der Waals surface area (Å²) in [6, 6.07) is 15.5. The van der Waals surface area contributed by atoms with Gasteiger partial charge in [-0.15, -0.1) is 0 Å². The molecule has 0 saturated carbocycles. The Morgan fingerprint density at radius 2 is 1.93 bits per heavy atom. The Bertz CT molecular complexity index is 1160. The van der Waals surface area contributed by atoms with E-state index in [0.29, 0.717) is 16.6 Å². The summed E-state index contributed by atoms with van der Waals surface area (Å²) in [6.07, 6.45) is 2.98. The van der Waals surface area contributed by atoms with E-state index in [0.717, 1.165) is 5.69 Å². The zero-order chi connectivity index (χ0) is 18.8. The first-order valence-corrected chi connectivity index (χ1v) is 8.22. The fourth-order valence-corrected chi connectivity index (χ4v) is 2.74. The van der Waals surface area contributed by atoms with Crippen molar-refractivity contribution in [2.75, 3.05) is 11.9 Å². The number of H-pyrrole nitrogens is 1. The molecule has 2 aromatic carbocycles. The van der Waals surface area contributed by atoms with Gasteiger partial charge in [-0.25, -0.2) is 4.39 Å². The zero-order valence-electron chi connectivity index (χ0n) is 14.4. The van der Waals surface area contributed by atoms with Crippen LogP contribution in [0.15, 0.2) is 71.8 Å². The first-order chi connectivity index (χ1) is 13.1. The van der Waals surface area contributed by atoms with Crippen molar-refractivity contribution in [3.05, 3.63) is 83.2 Å². The minimum absolute atomic E-state index is 0.0240. The van der Waals surface area contributed by atoms with Gasteiger partial charge in [0.05, 0.1) is 22.8 Å². The number of hydrogen-bond acceptors (Lipinski definition) is 5. The normalized spacial score (nSPS) is 10.7. The number of nitrogens with zero attached hydrogens (tertiary/aromatic N) is 3. The fourth-order valence-electron chi connectivity index (χ4n) is 2.74. The molecule has 27 heavy (non-hydrogen) atoms. The summed E-state index contributed by atoms with van der Waals surface area (Å²) in [5.41, 5.74) is 1.31. The van der Waals surface area contributed by atoms with E-state index in [1.54, 1.807) is 30.1 Å². The largest absolute Gasteiger partial charge is 0.425 e. The van der Waals surface area contributed by atoms with Gasteiger partial charge < -0.3 is 9.64 Å². The second kappa shape index (κ2) is 6.87. The van der Waals surface area contributed by atoms with Crippen LogP contribution in [-0.2, 0) is 0 Å². The Morgan fingerprint density at radius 3 is 2.70 bits per heavy atom. The van der Waals surface area contributed by atoms with Gasteiger partial charge in [-0.1, -0.05) is 18.2 Å². The maximum atomic E-state index is 14.6. The van der Waals surface area contributed by atoms with Gasteiger partial charge in [-0.3, -0.25) is 14.8 Å². The lowest BCUT2D eigenvalue weighted by Crippen LogP contribution is -2.11. The topological polar surface area (TPSA) is 71.1 Å². The second-order valence-electron chi connectivity index (χ2n) is 5.87. The Kier molecular flexibility index (Phi) is 4.25. The molecule has 0 saturated heterocycles. The van der Waals surface area contributed by atoms with Crippen molar-refractivity contribution in [2.24, 2.45) is 0 Å². The molecular formula is C20H15FN4O2. The second-order valence-corrected chi connectivity index (χ2v) is 5.87. The van der Waals surface area contributed by atoms with Crippen molar-refractivity contribution in [1.82, 2.24) is 15.0 Å². The number of fused-ring (bicyclic) bond motifs is 1. The van der Waals surface area contributed by atoms with E-state index in [-0.39, 0.29) is 17.3 Å². The summed E-state index contributed by atoms with van der Waals surface area (Å²) in [4.78, 5) is 24.5. The molecule has 1 N–H and O–H groups in total. The summed E-state index contributed by atoms with van der Waals surface area (Å²) in [6.45, 7) is 0. The summed E-state index contributed by atoms with van der Waals surface area (Å²) >= 11 is 0. The van der Waals surface area contributed by atoms with E-state index in [2.05, 4.69) is 15.0 Å². The molecule has 0 spiro atoms. The molecule has 0 aliphatic heterocycles. The maximum absolute atomic E-state index is 14.6. The number of pyridine rings is 1. The number of halogens is 1. The van der Waals surface area contributed by atoms with Gasteiger partial charge in [-0.05, 0) is 30.3 Å². The third kappa shape index (κ3) is 3.35. The van der Waals surface area contributed by atoms with E-state index in [4.69, 9.17) is 4.74 Å². The first kappa shape index (κ1) is 16.7. The quantitative estimate of drug-likeness (QED) is 0.594. The summed E-state index contributed by atoms with van der Waals surface area (Å²) in [7, 11) is 1.78. The van der Waals surface area contributed by atoms with E-state index < -0.39 is 5.82 Å². The molecule has 0 radical (unpaired) electrons. The number of aromatic nitrogens is 3. The average molecular weight is 362 g/mol. The third-order valence-electron chi connectivity index (χ3n) is 4.13. The lowest BCUT2D eigenvalue weighted by molar-refractivity contribution is 0.439. The standard InChI is InChI=1S/C20H15FN4O2/c1-25(13-5-3-2-4-6-13)18-8-7-14(11-16(18)21)27-20-23-17-12-22-10-9-15(17)19(26)24-20/h2-12H,1H3,(H,23,24,26). The highest BCUT2D eigenvalue weighted by molar-refractivity contribution is 5.76.